The molecule has 4 rings (SSSR count). The molecule has 0 radical (unpaired) electrons. The summed E-state index contributed by atoms with van der Waals surface area (Å²) in [5.41, 5.74) is 1.48. The van der Waals surface area contributed by atoms with Crippen molar-refractivity contribution in [1.29, 1.82) is 0 Å². The molecule has 2 N–H and O–H groups in total. The predicted octanol–water partition coefficient (Wildman–Crippen LogP) is 2.34. The van der Waals surface area contributed by atoms with Crippen molar-refractivity contribution in [2.24, 2.45) is 0 Å². The highest BCUT2D eigenvalue weighted by Crippen LogP contribution is 2.38. The molecule has 1 aromatic carbocycles. The Balaban J connectivity index is 1.51. The average molecular weight is 329 g/mol. The Bertz CT molecular complexity index is 852. The van der Waals surface area contributed by atoms with Crippen LogP contribution in [0.5, 0.6) is 0 Å². The summed E-state index contributed by atoms with van der Waals surface area (Å²) in [7, 11) is 0. The van der Waals surface area contributed by atoms with Gasteiger partial charge in [0.25, 0.3) is 0 Å². The van der Waals surface area contributed by atoms with Crippen molar-refractivity contribution in [3.8, 4) is 0 Å². The molecule has 2 heterocycles. The summed E-state index contributed by atoms with van der Waals surface area (Å²) in [6, 6.07) is 4.56. The van der Waals surface area contributed by atoms with Gasteiger partial charge in [-0.2, -0.15) is 5.10 Å². The van der Waals surface area contributed by atoms with Crippen LogP contribution in [-0.2, 0) is 19.4 Å². The van der Waals surface area contributed by atoms with E-state index in [2.05, 4.69) is 20.1 Å². The molecule has 1 saturated carbocycles. The highest BCUT2D eigenvalue weighted by Gasteiger charge is 2.28. The van der Waals surface area contributed by atoms with Gasteiger partial charge < -0.3 is 10.1 Å². The summed E-state index contributed by atoms with van der Waals surface area (Å²) < 4.78 is 15.2. The number of hydrogen-bond donors (Lipinski definition) is 2. The second kappa shape index (κ2) is 6.32. The molecular weight excluding hydrogens is 309 g/mol. The Morgan fingerprint density at radius 1 is 1.25 bits per heavy atom. The Morgan fingerprint density at radius 2 is 2.12 bits per heavy atom. The number of fused-ring (bicyclic) bond motifs is 1. The van der Waals surface area contributed by atoms with Crippen LogP contribution in [0, 0.1) is 5.82 Å². The maximum absolute atomic E-state index is 13.3. The second-order valence-corrected chi connectivity index (χ2v) is 6.31. The number of hydrogen-bond acceptors (Lipinski definition) is 4. The van der Waals surface area contributed by atoms with Crippen LogP contribution in [0.4, 0.5) is 4.39 Å². The van der Waals surface area contributed by atoms with Gasteiger partial charge in [-0.1, -0.05) is 0 Å². The summed E-state index contributed by atoms with van der Waals surface area (Å²) in [6.07, 6.45) is 4.41. The number of nitrogens with one attached hydrogen (secondary N) is 1. The number of aromatic amines is 1. The lowest BCUT2D eigenvalue weighted by Crippen LogP contribution is -2.08. The maximum Gasteiger partial charge on any atom is 0.154 e. The summed E-state index contributed by atoms with van der Waals surface area (Å²) in [4.78, 5) is 12.3. The SMILES string of the molecule is OCCCn1nc(C2CC2)nc1CCc1nc2ccc(F)cc2[nH]1. The highest BCUT2D eigenvalue weighted by atomic mass is 19.1. The Morgan fingerprint density at radius 3 is 2.92 bits per heavy atom. The van der Waals surface area contributed by atoms with E-state index in [4.69, 9.17) is 5.11 Å². The Labute approximate surface area is 138 Å². The molecule has 0 aliphatic heterocycles. The molecule has 0 atom stereocenters. The largest absolute Gasteiger partial charge is 0.396 e. The third kappa shape index (κ3) is 3.17. The van der Waals surface area contributed by atoms with E-state index in [0.717, 1.165) is 23.0 Å². The minimum atomic E-state index is -0.268. The van der Waals surface area contributed by atoms with E-state index in [1.54, 1.807) is 6.07 Å². The van der Waals surface area contributed by atoms with E-state index in [0.29, 0.717) is 37.2 Å². The van der Waals surface area contributed by atoms with E-state index in [1.807, 2.05) is 4.68 Å². The second-order valence-electron chi connectivity index (χ2n) is 6.31. The van der Waals surface area contributed by atoms with Crippen LogP contribution in [0.15, 0.2) is 18.2 Å². The number of nitrogens with zero attached hydrogens (tertiary/aromatic N) is 4. The van der Waals surface area contributed by atoms with Crippen molar-refractivity contribution in [2.75, 3.05) is 6.61 Å². The van der Waals surface area contributed by atoms with Crippen LogP contribution < -0.4 is 0 Å². The van der Waals surface area contributed by atoms with E-state index < -0.39 is 0 Å². The van der Waals surface area contributed by atoms with Crippen LogP contribution in [-0.4, -0.2) is 36.4 Å². The summed E-state index contributed by atoms with van der Waals surface area (Å²) in [6.45, 7) is 0.824. The van der Waals surface area contributed by atoms with Gasteiger partial charge in [0.2, 0.25) is 0 Å². The third-order valence-corrected chi connectivity index (χ3v) is 4.31. The number of halogens is 1. The van der Waals surface area contributed by atoms with E-state index in [1.165, 1.54) is 25.0 Å². The first kappa shape index (κ1) is 15.3. The highest BCUT2D eigenvalue weighted by molar-refractivity contribution is 5.74. The lowest BCUT2D eigenvalue weighted by Gasteiger charge is -2.03. The van der Waals surface area contributed by atoms with Crippen LogP contribution in [0.25, 0.3) is 11.0 Å². The topological polar surface area (TPSA) is 79.6 Å². The predicted molar refractivity (Wildman–Crippen MR) is 87.2 cm³/mol. The van der Waals surface area contributed by atoms with Gasteiger partial charge in [0.15, 0.2) is 5.82 Å². The minimum absolute atomic E-state index is 0.146. The molecule has 24 heavy (non-hydrogen) atoms. The molecule has 126 valence electrons. The molecule has 0 bridgehead atoms. The molecule has 1 aliphatic carbocycles. The van der Waals surface area contributed by atoms with E-state index in [-0.39, 0.29) is 12.4 Å². The fourth-order valence-electron chi connectivity index (χ4n) is 2.88. The van der Waals surface area contributed by atoms with Gasteiger partial charge in [-0.3, -0.25) is 0 Å². The van der Waals surface area contributed by atoms with Crippen LogP contribution in [0.3, 0.4) is 0 Å². The Kier molecular flexibility index (Phi) is 4.02. The van der Waals surface area contributed by atoms with Crippen molar-refractivity contribution < 1.29 is 9.50 Å². The van der Waals surface area contributed by atoms with Crippen molar-refractivity contribution in [2.45, 2.75) is 44.6 Å². The molecule has 0 spiro atoms. The van der Waals surface area contributed by atoms with E-state index >= 15 is 0 Å². The zero-order valence-corrected chi connectivity index (χ0v) is 13.4. The zero-order chi connectivity index (χ0) is 16.5. The lowest BCUT2D eigenvalue weighted by atomic mass is 10.3. The van der Waals surface area contributed by atoms with Crippen molar-refractivity contribution >= 4 is 11.0 Å². The number of aryl methyl sites for hydroxylation is 3. The van der Waals surface area contributed by atoms with Gasteiger partial charge in [0, 0.05) is 31.9 Å². The fraction of sp³-hybridized carbons (Fsp3) is 0.471. The van der Waals surface area contributed by atoms with Crippen molar-refractivity contribution in [3.05, 3.63) is 41.5 Å². The van der Waals surface area contributed by atoms with Crippen molar-refractivity contribution in [1.82, 2.24) is 24.7 Å². The Hall–Kier alpha value is -2.28. The fourth-order valence-corrected chi connectivity index (χ4v) is 2.88. The molecule has 0 unspecified atom stereocenters. The summed E-state index contributed by atoms with van der Waals surface area (Å²) in [5, 5.41) is 13.6. The van der Waals surface area contributed by atoms with Crippen LogP contribution >= 0.6 is 0 Å². The zero-order valence-electron chi connectivity index (χ0n) is 13.4. The quantitative estimate of drug-likeness (QED) is 0.697. The standard InChI is InChI=1S/C17H20FN5O/c18-12-4-5-13-14(10-12)20-15(19-13)6-7-16-21-17(11-2-3-11)22-23(16)8-1-9-24/h4-5,10-11,24H,1-3,6-9H2,(H,19,20). The smallest absolute Gasteiger partial charge is 0.154 e. The number of imidazole rings is 1. The van der Waals surface area contributed by atoms with Gasteiger partial charge in [0.1, 0.15) is 17.5 Å². The molecule has 7 heteroatoms. The normalized spacial score (nSPS) is 14.6. The van der Waals surface area contributed by atoms with Gasteiger partial charge in [-0.25, -0.2) is 19.0 Å². The molecule has 6 nitrogen and oxygen atoms in total. The maximum atomic E-state index is 13.3. The number of aliphatic hydroxyl groups excluding tert-OH is 1. The number of H-pyrrole nitrogens is 1. The van der Waals surface area contributed by atoms with Gasteiger partial charge in [-0.15, -0.1) is 0 Å². The van der Waals surface area contributed by atoms with Gasteiger partial charge in [0.05, 0.1) is 11.0 Å². The van der Waals surface area contributed by atoms with Crippen LogP contribution in [0.2, 0.25) is 0 Å². The molecular formula is C17H20FN5O. The summed E-state index contributed by atoms with van der Waals surface area (Å²) in [5.74, 6) is 2.91. The monoisotopic (exact) mass is 329 g/mol. The third-order valence-electron chi connectivity index (χ3n) is 4.31. The van der Waals surface area contributed by atoms with Gasteiger partial charge >= 0.3 is 0 Å². The molecule has 1 fully saturated rings. The number of rotatable bonds is 7. The number of aromatic nitrogens is 5. The van der Waals surface area contributed by atoms with E-state index in [9.17, 15) is 4.39 Å². The molecule has 0 amide bonds. The molecule has 0 saturated heterocycles. The lowest BCUT2D eigenvalue weighted by molar-refractivity contribution is 0.275. The van der Waals surface area contributed by atoms with Crippen molar-refractivity contribution in [3.63, 3.8) is 0 Å². The van der Waals surface area contributed by atoms with Crippen LogP contribution in [0.1, 0.15) is 42.7 Å². The minimum Gasteiger partial charge on any atom is -0.396 e. The number of benzene rings is 1. The average Bonchev–Trinajstić information content (AvgIpc) is 3.22. The molecule has 1 aliphatic rings. The molecule has 2 aromatic heterocycles. The number of aliphatic hydroxyl groups is 1. The summed E-state index contributed by atoms with van der Waals surface area (Å²) >= 11 is 0. The first-order valence-corrected chi connectivity index (χ1v) is 8.41. The van der Waals surface area contributed by atoms with Gasteiger partial charge in [-0.05, 0) is 37.5 Å². The molecule has 3 aromatic rings. The first-order valence-electron chi connectivity index (χ1n) is 8.41. The first-order chi connectivity index (χ1) is 11.7.